The molecule has 1 aromatic carbocycles. The van der Waals surface area contributed by atoms with Crippen molar-refractivity contribution in [2.45, 2.75) is 0 Å². The van der Waals surface area contributed by atoms with Crippen molar-refractivity contribution in [3.63, 3.8) is 0 Å². The van der Waals surface area contributed by atoms with Crippen LogP contribution in [-0.4, -0.2) is 19.6 Å². The minimum Gasteiger partial charge on any atom is -0.496 e. The summed E-state index contributed by atoms with van der Waals surface area (Å²) in [6, 6.07) is 7.44. The molecule has 1 aromatic rings. The van der Waals surface area contributed by atoms with E-state index in [1.54, 1.807) is 13.2 Å². The van der Waals surface area contributed by atoms with Crippen molar-refractivity contribution in [1.82, 2.24) is 5.32 Å². The molecule has 0 spiro atoms. The fourth-order valence-corrected chi connectivity index (χ4v) is 1.28. The topological polar surface area (TPSA) is 38.3 Å². The highest BCUT2D eigenvalue weighted by Crippen LogP contribution is 2.18. The number of rotatable bonds is 5. The van der Waals surface area contributed by atoms with Crippen molar-refractivity contribution >= 4 is 23.6 Å². The third-order valence-corrected chi connectivity index (χ3v) is 2.14. The van der Waals surface area contributed by atoms with E-state index in [9.17, 15) is 4.79 Å². The molecule has 90 valence electrons. The molecule has 0 bridgehead atoms. The smallest absolute Gasteiger partial charge is 0.244 e. The summed E-state index contributed by atoms with van der Waals surface area (Å²) in [5.74, 6) is 0.496. The van der Waals surface area contributed by atoms with Gasteiger partial charge < -0.3 is 10.1 Å². The largest absolute Gasteiger partial charge is 0.496 e. The molecule has 0 heterocycles. The number of para-hydroxylation sites is 1. The van der Waals surface area contributed by atoms with Gasteiger partial charge in [0, 0.05) is 16.7 Å². The Hall–Kier alpha value is -1.74. The number of nitrogens with one attached hydrogen (secondary N) is 1. The number of hydrogen-bond donors (Lipinski definition) is 1. The van der Waals surface area contributed by atoms with Crippen LogP contribution in [0.2, 0.25) is 0 Å². The molecule has 0 aromatic heterocycles. The van der Waals surface area contributed by atoms with Crippen LogP contribution in [0.5, 0.6) is 5.75 Å². The maximum atomic E-state index is 11.4. The predicted molar refractivity (Wildman–Crippen MR) is 70.0 cm³/mol. The van der Waals surface area contributed by atoms with Gasteiger partial charge in [0.2, 0.25) is 5.91 Å². The Balaban J connectivity index is 2.63. The van der Waals surface area contributed by atoms with E-state index in [2.05, 4.69) is 11.9 Å². The molecule has 0 aliphatic carbocycles. The Morgan fingerprint density at radius 1 is 1.53 bits per heavy atom. The van der Waals surface area contributed by atoms with Gasteiger partial charge in [-0.3, -0.25) is 4.79 Å². The molecule has 17 heavy (non-hydrogen) atoms. The first-order valence-electron chi connectivity index (χ1n) is 5.05. The van der Waals surface area contributed by atoms with Crippen LogP contribution in [0.15, 0.2) is 42.0 Å². The van der Waals surface area contributed by atoms with Gasteiger partial charge in [0.1, 0.15) is 5.75 Å². The maximum Gasteiger partial charge on any atom is 0.244 e. The van der Waals surface area contributed by atoms with Crippen LogP contribution in [0.4, 0.5) is 0 Å². The molecule has 0 aliphatic rings. The first-order valence-corrected chi connectivity index (χ1v) is 5.43. The van der Waals surface area contributed by atoms with Crippen LogP contribution in [0.1, 0.15) is 5.56 Å². The van der Waals surface area contributed by atoms with Crippen molar-refractivity contribution in [1.29, 1.82) is 0 Å². The molecule has 0 fully saturated rings. The fraction of sp³-hybridized carbons (Fsp3) is 0.154. The first-order chi connectivity index (χ1) is 8.13. The van der Waals surface area contributed by atoms with Gasteiger partial charge >= 0.3 is 0 Å². The van der Waals surface area contributed by atoms with E-state index in [0.717, 1.165) is 11.3 Å². The van der Waals surface area contributed by atoms with Crippen LogP contribution in [0.3, 0.4) is 0 Å². The summed E-state index contributed by atoms with van der Waals surface area (Å²) in [4.78, 5) is 11.4. The Morgan fingerprint density at radius 2 is 2.24 bits per heavy atom. The van der Waals surface area contributed by atoms with Crippen LogP contribution < -0.4 is 10.1 Å². The number of hydrogen-bond acceptors (Lipinski definition) is 2. The lowest BCUT2D eigenvalue weighted by Gasteiger charge is -2.03. The number of benzene rings is 1. The van der Waals surface area contributed by atoms with Crippen LogP contribution in [0, 0.1) is 0 Å². The molecule has 4 heteroatoms. The number of carbonyl (C=O) groups excluding carboxylic acids is 1. The quantitative estimate of drug-likeness (QED) is 0.817. The molecule has 0 saturated carbocycles. The Kier molecular flexibility index (Phi) is 5.30. The number of halogens is 1. The third-order valence-electron chi connectivity index (χ3n) is 2.01. The lowest BCUT2D eigenvalue weighted by Crippen LogP contribution is -2.21. The molecular formula is C13H14ClNO2. The summed E-state index contributed by atoms with van der Waals surface area (Å²) in [6.45, 7) is 3.74. The maximum absolute atomic E-state index is 11.4. The molecular weight excluding hydrogens is 238 g/mol. The molecule has 1 N–H and O–H groups in total. The van der Waals surface area contributed by atoms with Crippen LogP contribution in [-0.2, 0) is 4.79 Å². The van der Waals surface area contributed by atoms with Crippen molar-refractivity contribution in [2.24, 2.45) is 0 Å². The van der Waals surface area contributed by atoms with Gasteiger partial charge in [-0.25, -0.2) is 0 Å². The van der Waals surface area contributed by atoms with E-state index in [1.807, 2.05) is 24.3 Å². The van der Waals surface area contributed by atoms with E-state index in [4.69, 9.17) is 16.3 Å². The summed E-state index contributed by atoms with van der Waals surface area (Å²) in [5.41, 5.74) is 0.842. The highest BCUT2D eigenvalue weighted by Gasteiger charge is 1.99. The van der Waals surface area contributed by atoms with Crippen molar-refractivity contribution in [3.8, 4) is 5.75 Å². The average molecular weight is 252 g/mol. The lowest BCUT2D eigenvalue weighted by molar-refractivity contribution is -0.116. The van der Waals surface area contributed by atoms with Gasteiger partial charge in [-0.15, -0.1) is 0 Å². The van der Waals surface area contributed by atoms with Crippen LogP contribution >= 0.6 is 11.6 Å². The number of ether oxygens (including phenoxy) is 1. The zero-order chi connectivity index (χ0) is 12.7. The minimum absolute atomic E-state index is 0.224. The molecule has 0 saturated heterocycles. The van der Waals surface area contributed by atoms with E-state index < -0.39 is 0 Å². The van der Waals surface area contributed by atoms with Crippen molar-refractivity contribution in [2.75, 3.05) is 13.7 Å². The SMILES string of the molecule is C=C(Cl)CNC(=O)/C=C/c1ccccc1OC. The molecule has 1 amide bonds. The van der Waals surface area contributed by atoms with Gasteiger partial charge in [0.15, 0.2) is 0 Å². The van der Waals surface area contributed by atoms with Gasteiger partial charge in [-0.1, -0.05) is 36.4 Å². The van der Waals surface area contributed by atoms with Crippen LogP contribution in [0.25, 0.3) is 6.08 Å². The molecule has 1 rings (SSSR count). The summed E-state index contributed by atoms with van der Waals surface area (Å²) in [7, 11) is 1.59. The molecule has 0 atom stereocenters. The molecule has 0 unspecified atom stereocenters. The van der Waals surface area contributed by atoms with E-state index in [-0.39, 0.29) is 12.5 Å². The zero-order valence-electron chi connectivity index (χ0n) is 9.57. The van der Waals surface area contributed by atoms with Crippen molar-refractivity contribution in [3.05, 3.63) is 47.5 Å². The highest BCUT2D eigenvalue weighted by molar-refractivity contribution is 6.29. The standard InChI is InChI=1S/C13H14ClNO2/c1-10(14)9-15-13(16)8-7-11-5-3-4-6-12(11)17-2/h3-8H,1,9H2,2H3,(H,15,16)/b8-7+. The molecule has 0 aliphatic heterocycles. The Labute approximate surface area is 106 Å². The summed E-state index contributed by atoms with van der Waals surface area (Å²) in [6.07, 6.45) is 3.11. The average Bonchev–Trinajstić information content (AvgIpc) is 2.34. The zero-order valence-corrected chi connectivity index (χ0v) is 10.3. The molecule has 0 radical (unpaired) electrons. The lowest BCUT2D eigenvalue weighted by atomic mass is 10.2. The second-order valence-electron chi connectivity index (χ2n) is 3.31. The monoisotopic (exact) mass is 251 g/mol. The minimum atomic E-state index is -0.224. The first kappa shape index (κ1) is 13.3. The number of amides is 1. The number of carbonyl (C=O) groups is 1. The fourth-order valence-electron chi connectivity index (χ4n) is 1.21. The second-order valence-corrected chi connectivity index (χ2v) is 3.84. The van der Waals surface area contributed by atoms with Crippen molar-refractivity contribution < 1.29 is 9.53 Å². The van der Waals surface area contributed by atoms with Gasteiger partial charge in [-0.2, -0.15) is 0 Å². The van der Waals surface area contributed by atoms with E-state index in [1.165, 1.54) is 6.08 Å². The van der Waals surface area contributed by atoms with E-state index in [0.29, 0.717) is 5.03 Å². The summed E-state index contributed by atoms with van der Waals surface area (Å²) in [5, 5.41) is 2.98. The van der Waals surface area contributed by atoms with Gasteiger partial charge in [0.25, 0.3) is 0 Å². The molecule has 3 nitrogen and oxygen atoms in total. The Bertz CT molecular complexity index is 441. The van der Waals surface area contributed by atoms with E-state index >= 15 is 0 Å². The highest BCUT2D eigenvalue weighted by atomic mass is 35.5. The predicted octanol–water partition coefficient (Wildman–Crippen LogP) is 2.58. The van der Waals surface area contributed by atoms with Gasteiger partial charge in [0.05, 0.1) is 13.7 Å². The second kappa shape index (κ2) is 6.76. The number of methoxy groups -OCH3 is 1. The normalized spacial score (nSPS) is 10.2. The van der Waals surface area contributed by atoms with Gasteiger partial charge in [-0.05, 0) is 12.1 Å². The third kappa shape index (κ3) is 4.74. The summed E-state index contributed by atoms with van der Waals surface area (Å²) >= 11 is 5.53. The summed E-state index contributed by atoms with van der Waals surface area (Å²) < 4.78 is 5.16. The Morgan fingerprint density at radius 3 is 2.88 bits per heavy atom.